The van der Waals surface area contributed by atoms with Crippen LogP contribution in [0.5, 0.6) is 0 Å². The van der Waals surface area contributed by atoms with Crippen LogP contribution in [0.15, 0.2) is 11.6 Å². The van der Waals surface area contributed by atoms with E-state index >= 15 is 0 Å². The van der Waals surface area contributed by atoms with Gasteiger partial charge in [-0.3, -0.25) is 9.59 Å². The standard InChI is InChI=1S/C14H24N2O2/c1-6-10(4)12-14(18)16(8-7-9(2)3)11(5)13(17)15-12/h7,10-12H,6,8H2,1-5H3,(H,15,17). The molecule has 1 heterocycles. The Hall–Kier alpha value is -1.32. The van der Waals surface area contributed by atoms with E-state index in [1.165, 1.54) is 0 Å². The molecule has 1 aliphatic rings. The highest BCUT2D eigenvalue weighted by molar-refractivity contribution is 5.97. The first-order valence-electron chi connectivity index (χ1n) is 6.62. The first-order valence-corrected chi connectivity index (χ1v) is 6.62. The Morgan fingerprint density at radius 3 is 2.56 bits per heavy atom. The minimum atomic E-state index is -0.381. The fourth-order valence-corrected chi connectivity index (χ4v) is 2.00. The zero-order valence-corrected chi connectivity index (χ0v) is 12.0. The summed E-state index contributed by atoms with van der Waals surface area (Å²) in [4.78, 5) is 25.9. The minimum absolute atomic E-state index is 0.0361. The second-order valence-corrected chi connectivity index (χ2v) is 5.32. The van der Waals surface area contributed by atoms with Crippen molar-refractivity contribution in [3.8, 4) is 0 Å². The summed E-state index contributed by atoms with van der Waals surface area (Å²) < 4.78 is 0. The molecule has 1 saturated heterocycles. The summed E-state index contributed by atoms with van der Waals surface area (Å²) >= 11 is 0. The van der Waals surface area contributed by atoms with Crippen LogP contribution in [0.3, 0.4) is 0 Å². The number of allylic oxidation sites excluding steroid dienone is 1. The fourth-order valence-electron chi connectivity index (χ4n) is 2.00. The van der Waals surface area contributed by atoms with Gasteiger partial charge in [-0.05, 0) is 26.7 Å². The maximum Gasteiger partial charge on any atom is 0.246 e. The van der Waals surface area contributed by atoms with E-state index in [0.717, 1.165) is 12.0 Å². The molecular formula is C14H24N2O2. The monoisotopic (exact) mass is 252 g/mol. The zero-order valence-electron chi connectivity index (χ0n) is 12.0. The van der Waals surface area contributed by atoms with Crippen molar-refractivity contribution in [3.63, 3.8) is 0 Å². The number of nitrogens with one attached hydrogen (secondary N) is 1. The summed E-state index contributed by atoms with van der Waals surface area (Å²) in [7, 11) is 0. The van der Waals surface area contributed by atoms with Crippen LogP contribution in [0.1, 0.15) is 41.0 Å². The van der Waals surface area contributed by atoms with E-state index in [1.807, 2.05) is 33.8 Å². The van der Waals surface area contributed by atoms with E-state index in [-0.39, 0.29) is 29.8 Å². The Labute approximate surface area is 109 Å². The summed E-state index contributed by atoms with van der Waals surface area (Å²) in [5.74, 6) is 0.152. The largest absolute Gasteiger partial charge is 0.342 e. The number of carbonyl (C=O) groups excluding carboxylic acids is 2. The lowest BCUT2D eigenvalue weighted by Gasteiger charge is -2.39. The average Bonchev–Trinajstić information content (AvgIpc) is 2.32. The number of hydrogen-bond acceptors (Lipinski definition) is 2. The number of nitrogens with zero attached hydrogens (tertiary/aromatic N) is 1. The number of piperazine rings is 1. The molecular weight excluding hydrogens is 228 g/mol. The van der Waals surface area contributed by atoms with Crippen LogP contribution in [-0.2, 0) is 9.59 Å². The van der Waals surface area contributed by atoms with Crippen molar-refractivity contribution in [2.75, 3.05) is 6.54 Å². The molecule has 1 aliphatic heterocycles. The van der Waals surface area contributed by atoms with Gasteiger partial charge in [-0.1, -0.05) is 31.9 Å². The molecule has 2 amide bonds. The quantitative estimate of drug-likeness (QED) is 0.774. The molecule has 102 valence electrons. The molecule has 18 heavy (non-hydrogen) atoms. The smallest absolute Gasteiger partial charge is 0.246 e. The highest BCUT2D eigenvalue weighted by Crippen LogP contribution is 2.17. The van der Waals surface area contributed by atoms with Crippen LogP contribution < -0.4 is 5.32 Å². The Bertz CT molecular complexity index is 359. The first-order chi connectivity index (χ1) is 8.38. The highest BCUT2D eigenvalue weighted by atomic mass is 16.2. The molecule has 0 aromatic heterocycles. The average molecular weight is 252 g/mol. The predicted octanol–water partition coefficient (Wildman–Crippen LogP) is 1.71. The van der Waals surface area contributed by atoms with Crippen LogP contribution in [-0.4, -0.2) is 35.3 Å². The lowest BCUT2D eigenvalue weighted by molar-refractivity contribution is -0.149. The van der Waals surface area contributed by atoms with Gasteiger partial charge in [0, 0.05) is 6.54 Å². The van der Waals surface area contributed by atoms with Crippen molar-refractivity contribution in [3.05, 3.63) is 11.6 Å². The van der Waals surface area contributed by atoms with Crippen LogP contribution in [0.4, 0.5) is 0 Å². The topological polar surface area (TPSA) is 49.4 Å². The van der Waals surface area contributed by atoms with E-state index < -0.39 is 0 Å². The van der Waals surface area contributed by atoms with Gasteiger partial charge < -0.3 is 10.2 Å². The van der Waals surface area contributed by atoms with Gasteiger partial charge in [-0.15, -0.1) is 0 Å². The number of hydrogen-bond donors (Lipinski definition) is 1. The van der Waals surface area contributed by atoms with Crippen LogP contribution in [0, 0.1) is 5.92 Å². The number of rotatable bonds is 4. The first kappa shape index (κ1) is 14.7. The van der Waals surface area contributed by atoms with Gasteiger partial charge in [-0.25, -0.2) is 0 Å². The molecule has 4 nitrogen and oxygen atoms in total. The van der Waals surface area contributed by atoms with Crippen molar-refractivity contribution in [2.24, 2.45) is 5.92 Å². The van der Waals surface area contributed by atoms with Crippen molar-refractivity contribution in [2.45, 2.75) is 53.1 Å². The molecule has 0 bridgehead atoms. The molecule has 1 fully saturated rings. The van der Waals surface area contributed by atoms with Gasteiger partial charge >= 0.3 is 0 Å². The molecule has 3 unspecified atom stereocenters. The third kappa shape index (κ3) is 3.12. The van der Waals surface area contributed by atoms with Gasteiger partial charge in [0.1, 0.15) is 12.1 Å². The van der Waals surface area contributed by atoms with Crippen molar-refractivity contribution in [1.82, 2.24) is 10.2 Å². The summed E-state index contributed by atoms with van der Waals surface area (Å²) in [6, 6.07) is -0.752. The van der Waals surface area contributed by atoms with Crippen LogP contribution >= 0.6 is 0 Å². The molecule has 0 spiro atoms. The van der Waals surface area contributed by atoms with E-state index in [1.54, 1.807) is 11.8 Å². The fraction of sp³-hybridized carbons (Fsp3) is 0.714. The minimum Gasteiger partial charge on any atom is -0.342 e. The van der Waals surface area contributed by atoms with Crippen LogP contribution in [0.25, 0.3) is 0 Å². The van der Waals surface area contributed by atoms with E-state index in [4.69, 9.17) is 0 Å². The third-order valence-electron chi connectivity index (χ3n) is 3.60. The Kier molecular flexibility index (Phi) is 4.93. The highest BCUT2D eigenvalue weighted by Gasteiger charge is 2.39. The van der Waals surface area contributed by atoms with Crippen molar-refractivity contribution >= 4 is 11.8 Å². The zero-order chi connectivity index (χ0) is 13.9. The second-order valence-electron chi connectivity index (χ2n) is 5.32. The molecule has 4 heteroatoms. The van der Waals surface area contributed by atoms with Crippen molar-refractivity contribution in [1.29, 1.82) is 0 Å². The van der Waals surface area contributed by atoms with E-state index in [2.05, 4.69) is 5.32 Å². The number of carbonyl (C=O) groups is 2. The SMILES string of the molecule is CCC(C)C1NC(=O)C(C)N(CC=C(C)C)C1=O. The number of amides is 2. The molecule has 0 aromatic rings. The van der Waals surface area contributed by atoms with Gasteiger partial charge in [0.25, 0.3) is 0 Å². The predicted molar refractivity (Wildman–Crippen MR) is 72.0 cm³/mol. The molecule has 0 radical (unpaired) electrons. The molecule has 0 aliphatic carbocycles. The second kappa shape index (κ2) is 6.03. The van der Waals surface area contributed by atoms with Crippen LogP contribution in [0.2, 0.25) is 0 Å². The molecule has 3 atom stereocenters. The van der Waals surface area contributed by atoms with E-state index in [9.17, 15) is 9.59 Å². The summed E-state index contributed by atoms with van der Waals surface area (Å²) in [5, 5.41) is 2.83. The Morgan fingerprint density at radius 2 is 2.06 bits per heavy atom. The Balaban J connectivity index is 2.88. The molecule has 0 aromatic carbocycles. The third-order valence-corrected chi connectivity index (χ3v) is 3.60. The lowest BCUT2D eigenvalue weighted by Crippen LogP contribution is -2.64. The van der Waals surface area contributed by atoms with E-state index in [0.29, 0.717) is 6.54 Å². The van der Waals surface area contributed by atoms with Gasteiger partial charge in [0.15, 0.2) is 0 Å². The van der Waals surface area contributed by atoms with Gasteiger partial charge in [0.05, 0.1) is 0 Å². The summed E-state index contributed by atoms with van der Waals surface area (Å²) in [6.07, 6.45) is 2.86. The molecule has 1 N–H and O–H groups in total. The normalized spacial score (nSPS) is 25.7. The molecule has 1 rings (SSSR count). The lowest BCUT2D eigenvalue weighted by atomic mass is 9.94. The maximum absolute atomic E-state index is 12.4. The summed E-state index contributed by atoms with van der Waals surface area (Å²) in [6.45, 7) is 10.3. The maximum atomic E-state index is 12.4. The van der Waals surface area contributed by atoms with Crippen molar-refractivity contribution < 1.29 is 9.59 Å². The Morgan fingerprint density at radius 1 is 1.44 bits per heavy atom. The summed E-state index contributed by atoms with van der Waals surface area (Å²) in [5.41, 5.74) is 1.15. The molecule has 0 saturated carbocycles. The van der Waals surface area contributed by atoms with Gasteiger partial charge in [-0.2, -0.15) is 0 Å². The van der Waals surface area contributed by atoms with Gasteiger partial charge in [0.2, 0.25) is 11.8 Å².